The van der Waals surface area contributed by atoms with E-state index in [1.54, 1.807) is 0 Å². The lowest BCUT2D eigenvalue weighted by molar-refractivity contribution is 0.0153. The van der Waals surface area contributed by atoms with Crippen molar-refractivity contribution in [3.63, 3.8) is 0 Å². The summed E-state index contributed by atoms with van der Waals surface area (Å²) in [6.07, 6.45) is 4.46. The molecule has 1 aliphatic rings. The molecule has 1 aromatic heterocycles. The van der Waals surface area contributed by atoms with Crippen molar-refractivity contribution in [2.24, 2.45) is 11.7 Å². The van der Waals surface area contributed by atoms with Crippen LogP contribution in [0.3, 0.4) is 0 Å². The number of ether oxygens (including phenoxy) is 1. The van der Waals surface area contributed by atoms with Crippen LogP contribution in [0.25, 0.3) is 0 Å². The van der Waals surface area contributed by atoms with Crippen LogP contribution < -0.4 is 5.73 Å². The minimum atomic E-state index is 0.0132. The predicted octanol–water partition coefficient (Wildman–Crippen LogP) is 2.27. The normalized spacial score (nSPS) is 23.5. The molecule has 1 aliphatic heterocycles. The molecule has 5 nitrogen and oxygen atoms in total. The molecule has 1 fully saturated rings. The number of hydrogen-bond acceptors (Lipinski definition) is 5. The minimum absolute atomic E-state index is 0.0132. The molecule has 0 aromatic carbocycles. The molecule has 0 bridgehead atoms. The Kier molecular flexibility index (Phi) is 4.93. The van der Waals surface area contributed by atoms with E-state index >= 15 is 0 Å². The van der Waals surface area contributed by atoms with Gasteiger partial charge in [-0.1, -0.05) is 19.0 Å². The van der Waals surface area contributed by atoms with Crippen LogP contribution in [0.4, 0.5) is 0 Å². The Morgan fingerprint density at radius 3 is 2.68 bits per heavy atom. The number of hydrogen-bond donors (Lipinski definition) is 1. The molecule has 108 valence electrons. The van der Waals surface area contributed by atoms with Gasteiger partial charge >= 0.3 is 0 Å². The highest BCUT2D eigenvalue weighted by Crippen LogP contribution is 2.26. The third-order valence-electron chi connectivity index (χ3n) is 3.74. The van der Waals surface area contributed by atoms with E-state index in [2.05, 4.69) is 24.0 Å². The molecule has 1 saturated heterocycles. The van der Waals surface area contributed by atoms with E-state index < -0.39 is 0 Å². The van der Waals surface area contributed by atoms with Crippen LogP contribution in [0.2, 0.25) is 0 Å². The Balaban J connectivity index is 2.01. The topological polar surface area (TPSA) is 74.2 Å². The monoisotopic (exact) mass is 267 g/mol. The molecule has 0 amide bonds. The molecule has 3 unspecified atom stereocenters. The average Bonchev–Trinajstić information content (AvgIpc) is 2.77. The summed E-state index contributed by atoms with van der Waals surface area (Å²) in [6, 6.07) is 0.0132. The first-order valence-electron chi connectivity index (χ1n) is 7.27. The smallest absolute Gasteiger partial charge is 0.231 e. The summed E-state index contributed by atoms with van der Waals surface area (Å²) in [7, 11) is 0. The van der Waals surface area contributed by atoms with Crippen molar-refractivity contribution in [1.82, 2.24) is 10.1 Å². The van der Waals surface area contributed by atoms with Crippen LogP contribution in [0.15, 0.2) is 4.52 Å². The molecule has 1 aromatic rings. The summed E-state index contributed by atoms with van der Waals surface area (Å²) in [6.45, 7) is 7.09. The number of nitrogens with zero attached hydrogens (tertiary/aromatic N) is 2. The number of rotatable bonds is 5. The fraction of sp³-hybridized carbons (Fsp3) is 0.857. The standard InChI is InChI=1S/C14H25N3O2/c1-9(2)13(10(3)15)14-16-12(17-19-14)8-11-6-4-5-7-18-11/h9-11,13H,4-8,15H2,1-3H3. The van der Waals surface area contributed by atoms with Crippen LogP contribution in [0.5, 0.6) is 0 Å². The molecule has 0 saturated carbocycles. The Bertz CT molecular complexity index is 376. The Labute approximate surface area is 114 Å². The fourth-order valence-corrected chi connectivity index (χ4v) is 2.77. The van der Waals surface area contributed by atoms with Gasteiger partial charge in [0.25, 0.3) is 0 Å². The van der Waals surface area contributed by atoms with Gasteiger partial charge in [0.2, 0.25) is 5.89 Å². The molecule has 2 rings (SSSR count). The van der Waals surface area contributed by atoms with Gasteiger partial charge in [-0.25, -0.2) is 0 Å². The van der Waals surface area contributed by atoms with Crippen molar-refractivity contribution in [3.8, 4) is 0 Å². The Morgan fingerprint density at radius 1 is 1.32 bits per heavy atom. The molecular formula is C14H25N3O2. The fourth-order valence-electron chi connectivity index (χ4n) is 2.77. The van der Waals surface area contributed by atoms with Crippen LogP contribution >= 0.6 is 0 Å². The molecule has 0 spiro atoms. The lowest BCUT2D eigenvalue weighted by Crippen LogP contribution is -2.28. The molecule has 19 heavy (non-hydrogen) atoms. The molecule has 3 atom stereocenters. The summed E-state index contributed by atoms with van der Waals surface area (Å²) in [5.74, 6) is 1.91. The van der Waals surface area contributed by atoms with E-state index in [9.17, 15) is 0 Å². The zero-order valence-electron chi connectivity index (χ0n) is 12.1. The van der Waals surface area contributed by atoms with Gasteiger partial charge in [-0.15, -0.1) is 0 Å². The molecule has 0 radical (unpaired) electrons. The van der Waals surface area contributed by atoms with Crippen LogP contribution in [0.1, 0.15) is 57.7 Å². The van der Waals surface area contributed by atoms with Crippen molar-refractivity contribution in [1.29, 1.82) is 0 Å². The van der Waals surface area contributed by atoms with E-state index in [0.29, 0.717) is 11.8 Å². The predicted molar refractivity (Wildman–Crippen MR) is 72.8 cm³/mol. The second kappa shape index (κ2) is 6.48. The van der Waals surface area contributed by atoms with Crippen LogP contribution in [-0.4, -0.2) is 28.9 Å². The Hall–Kier alpha value is -0.940. The second-order valence-electron chi connectivity index (χ2n) is 5.87. The summed E-state index contributed by atoms with van der Waals surface area (Å²) in [5, 5.41) is 4.07. The zero-order valence-corrected chi connectivity index (χ0v) is 12.1. The van der Waals surface area contributed by atoms with Crippen molar-refractivity contribution < 1.29 is 9.26 Å². The van der Waals surface area contributed by atoms with Gasteiger partial charge in [-0.05, 0) is 32.1 Å². The summed E-state index contributed by atoms with van der Waals surface area (Å²) in [5.41, 5.74) is 6.01. The van der Waals surface area contributed by atoms with Crippen molar-refractivity contribution in [2.45, 2.75) is 64.5 Å². The van der Waals surface area contributed by atoms with Crippen molar-refractivity contribution >= 4 is 0 Å². The first-order valence-corrected chi connectivity index (χ1v) is 7.27. The molecular weight excluding hydrogens is 242 g/mol. The maximum Gasteiger partial charge on any atom is 0.231 e. The van der Waals surface area contributed by atoms with Crippen molar-refractivity contribution in [3.05, 3.63) is 11.7 Å². The Morgan fingerprint density at radius 2 is 2.11 bits per heavy atom. The lowest BCUT2D eigenvalue weighted by Gasteiger charge is -2.21. The van der Waals surface area contributed by atoms with Crippen molar-refractivity contribution in [2.75, 3.05) is 6.61 Å². The van der Waals surface area contributed by atoms with E-state index in [0.717, 1.165) is 31.7 Å². The second-order valence-corrected chi connectivity index (χ2v) is 5.87. The first-order chi connectivity index (χ1) is 9.08. The van der Waals surface area contributed by atoms with Gasteiger partial charge in [0, 0.05) is 19.1 Å². The van der Waals surface area contributed by atoms with E-state index in [1.165, 1.54) is 6.42 Å². The SMILES string of the molecule is CC(C)C(c1nc(CC2CCCCO2)no1)C(C)N. The van der Waals surface area contributed by atoms with E-state index in [-0.39, 0.29) is 18.1 Å². The highest BCUT2D eigenvalue weighted by molar-refractivity contribution is 5.00. The minimum Gasteiger partial charge on any atom is -0.378 e. The quantitative estimate of drug-likeness (QED) is 0.885. The molecule has 2 heterocycles. The van der Waals surface area contributed by atoms with Gasteiger partial charge in [-0.3, -0.25) is 0 Å². The molecule has 5 heteroatoms. The van der Waals surface area contributed by atoms with Gasteiger partial charge in [0.15, 0.2) is 5.82 Å². The molecule has 0 aliphatic carbocycles. The van der Waals surface area contributed by atoms with Gasteiger partial charge in [-0.2, -0.15) is 4.98 Å². The van der Waals surface area contributed by atoms with Gasteiger partial charge in [0.1, 0.15) is 0 Å². The van der Waals surface area contributed by atoms with Gasteiger partial charge in [0.05, 0.1) is 12.0 Å². The summed E-state index contributed by atoms with van der Waals surface area (Å²) < 4.78 is 11.1. The van der Waals surface area contributed by atoms with Gasteiger partial charge < -0.3 is 15.0 Å². The summed E-state index contributed by atoms with van der Waals surface area (Å²) in [4.78, 5) is 4.51. The first kappa shape index (κ1) is 14.5. The van der Waals surface area contributed by atoms with Crippen LogP contribution in [0, 0.1) is 5.92 Å². The highest BCUT2D eigenvalue weighted by atomic mass is 16.5. The summed E-state index contributed by atoms with van der Waals surface area (Å²) >= 11 is 0. The molecule has 2 N–H and O–H groups in total. The zero-order chi connectivity index (χ0) is 13.8. The van der Waals surface area contributed by atoms with E-state index in [4.69, 9.17) is 15.0 Å². The average molecular weight is 267 g/mol. The third-order valence-corrected chi connectivity index (χ3v) is 3.74. The largest absolute Gasteiger partial charge is 0.378 e. The maximum atomic E-state index is 6.01. The number of nitrogens with two attached hydrogens (primary N) is 1. The van der Waals surface area contributed by atoms with E-state index in [1.807, 2.05) is 6.92 Å². The third kappa shape index (κ3) is 3.76. The maximum absolute atomic E-state index is 6.01. The lowest BCUT2D eigenvalue weighted by atomic mass is 9.90. The number of aromatic nitrogens is 2. The van der Waals surface area contributed by atoms with Crippen LogP contribution in [-0.2, 0) is 11.2 Å². The highest BCUT2D eigenvalue weighted by Gasteiger charge is 2.27.